The van der Waals surface area contributed by atoms with Gasteiger partial charge >= 0.3 is 0 Å². The van der Waals surface area contributed by atoms with Crippen LogP contribution in [-0.2, 0) is 0 Å². The van der Waals surface area contributed by atoms with Gasteiger partial charge < -0.3 is 9.80 Å². The van der Waals surface area contributed by atoms with Crippen LogP contribution >= 0.6 is 0 Å². The number of hydrogen-bond donors (Lipinski definition) is 0. The van der Waals surface area contributed by atoms with E-state index in [1.54, 1.807) is 0 Å². The molecule has 4 rings (SSSR count). The normalized spacial score (nSPS) is 11.7. The molecule has 0 bridgehead atoms. The fourth-order valence-corrected chi connectivity index (χ4v) is 3.84. The quantitative estimate of drug-likeness (QED) is 0.313. The molecule has 0 aromatic heterocycles. The molecule has 0 fully saturated rings. The highest BCUT2D eigenvalue weighted by Gasteiger charge is 2.22. The van der Waals surface area contributed by atoms with Crippen molar-refractivity contribution in [2.24, 2.45) is 0 Å². The monoisotopic (exact) mass is 392 g/mol. The second-order valence-electron chi connectivity index (χ2n) is 7.46. The van der Waals surface area contributed by atoms with Crippen LogP contribution < -0.4 is 9.80 Å². The number of hydrogen-bond acceptors (Lipinski definition) is 2. The molecule has 0 N–H and O–H groups in total. The summed E-state index contributed by atoms with van der Waals surface area (Å²) >= 11 is 0. The summed E-state index contributed by atoms with van der Waals surface area (Å²) in [5, 5.41) is 0. The Labute approximate surface area is 180 Å². The molecular formula is C28H28N2. The largest absolute Gasteiger partial charge is 0.337 e. The third-order valence-corrected chi connectivity index (χ3v) is 5.48. The van der Waals surface area contributed by atoms with Crippen molar-refractivity contribution < 1.29 is 0 Å². The van der Waals surface area contributed by atoms with Crippen molar-refractivity contribution in [3.63, 3.8) is 0 Å². The van der Waals surface area contributed by atoms with Crippen molar-refractivity contribution >= 4 is 28.4 Å². The van der Waals surface area contributed by atoms with E-state index in [9.17, 15) is 0 Å². The average molecular weight is 393 g/mol. The molecule has 1 unspecified atom stereocenters. The number of rotatable bonds is 7. The third kappa shape index (κ3) is 4.08. The molecule has 0 amide bonds. The molecule has 0 aliphatic heterocycles. The molecule has 0 saturated heterocycles. The summed E-state index contributed by atoms with van der Waals surface area (Å²) in [5.74, 6) is 0. The van der Waals surface area contributed by atoms with E-state index in [0.717, 1.165) is 17.8 Å². The van der Waals surface area contributed by atoms with Crippen LogP contribution in [0.1, 0.15) is 20.3 Å². The summed E-state index contributed by atoms with van der Waals surface area (Å²) < 4.78 is 0. The van der Waals surface area contributed by atoms with Crippen LogP contribution in [0.2, 0.25) is 0 Å². The Morgan fingerprint density at radius 2 is 0.933 bits per heavy atom. The standard InChI is InChI=1S/C28H28N2/c1-3-23(2)29(24-15-7-4-8-16-24)27-21-13-14-22-28(27)30(25-17-9-5-10-18-25)26-19-11-6-12-20-26/h4-23H,3H2,1-2H3. The van der Waals surface area contributed by atoms with Crippen LogP contribution in [-0.4, -0.2) is 6.04 Å². The lowest BCUT2D eigenvalue weighted by Gasteiger charge is -2.36. The van der Waals surface area contributed by atoms with E-state index in [1.807, 2.05) is 0 Å². The Balaban J connectivity index is 1.92. The van der Waals surface area contributed by atoms with E-state index in [4.69, 9.17) is 0 Å². The molecule has 0 aliphatic carbocycles. The minimum atomic E-state index is 0.363. The first kappa shape index (κ1) is 19.8. The van der Waals surface area contributed by atoms with Crippen LogP contribution in [0.3, 0.4) is 0 Å². The minimum absolute atomic E-state index is 0.363. The Hall–Kier alpha value is -3.52. The van der Waals surface area contributed by atoms with Crippen LogP contribution in [0.4, 0.5) is 28.4 Å². The van der Waals surface area contributed by atoms with E-state index in [-0.39, 0.29) is 0 Å². The maximum atomic E-state index is 2.45. The zero-order valence-corrected chi connectivity index (χ0v) is 17.6. The van der Waals surface area contributed by atoms with Gasteiger partial charge in [-0.2, -0.15) is 0 Å². The molecule has 1 atom stereocenters. The number of nitrogens with zero attached hydrogens (tertiary/aromatic N) is 2. The molecule has 2 heteroatoms. The summed E-state index contributed by atoms with van der Waals surface area (Å²) in [4.78, 5) is 4.79. The lowest BCUT2D eigenvalue weighted by molar-refractivity contribution is 0.688. The van der Waals surface area contributed by atoms with E-state index in [0.29, 0.717) is 6.04 Å². The predicted molar refractivity (Wildman–Crippen MR) is 129 cm³/mol. The van der Waals surface area contributed by atoms with Gasteiger partial charge in [-0.3, -0.25) is 0 Å². The molecule has 0 saturated carbocycles. The van der Waals surface area contributed by atoms with Crippen molar-refractivity contribution in [3.8, 4) is 0 Å². The molecule has 0 spiro atoms. The second kappa shape index (κ2) is 9.32. The van der Waals surface area contributed by atoms with Crippen molar-refractivity contribution in [3.05, 3.63) is 115 Å². The third-order valence-electron chi connectivity index (χ3n) is 5.48. The molecule has 4 aromatic rings. The predicted octanol–water partition coefficient (Wildman–Crippen LogP) is 8.09. The Kier molecular flexibility index (Phi) is 6.14. The highest BCUT2D eigenvalue weighted by atomic mass is 15.2. The van der Waals surface area contributed by atoms with Crippen LogP contribution in [0, 0.1) is 0 Å². The summed E-state index contributed by atoms with van der Waals surface area (Å²) in [6.45, 7) is 4.54. The van der Waals surface area contributed by atoms with Crippen molar-refractivity contribution in [1.29, 1.82) is 0 Å². The lowest BCUT2D eigenvalue weighted by atomic mass is 10.1. The number of benzene rings is 4. The smallest absolute Gasteiger partial charge is 0.0698 e. The summed E-state index contributed by atoms with van der Waals surface area (Å²) in [7, 11) is 0. The fraction of sp³-hybridized carbons (Fsp3) is 0.143. The van der Waals surface area contributed by atoms with Crippen molar-refractivity contribution in [2.75, 3.05) is 9.80 Å². The zero-order chi connectivity index (χ0) is 20.8. The highest BCUT2D eigenvalue weighted by Crippen LogP contribution is 2.43. The zero-order valence-electron chi connectivity index (χ0n) is 17.6. The first-order chi connectivity index (χ1) is 14.8. The molecule has 150 valence electrons. The molecule has 2 nitrogen and oxygen atoms in total. The summed E-state index contributed by atoms with van der Waals surface area (Å²) in [6.07, 6.45) is 1.06. The van der Waals surface area contributed by atoms with Gasteiger partial charge in [0.2, 0.25) is 0 Å². The first-order valence-electron chi connectivity index (χ1n) is 10.6. The average Bonchev–Trinajstić information content (AvgIpc) is 2.82. The molecule has 0 aliphatic rings. The van der Waals surface area contributed by atoms with E-state index in [1.165, 1.54) is 17.1 Å². The van der Waals surface area contributed by atoms with Gasteiger partial charge in [0.1, 0.15) is 0 Å². The topological polar surface area (TPSA) is 6.48 Å². The molecule has 0 heterocycles. The minimum Gasteiger partial charge on any atom is -0.337 e. The summed E-state index contributed by atoms with van der Waals surface area (Å²) in [6, 6.07) is 40.9. The fourth-order valence-electron chi connectivity index (χ4n) is 3.84. The molecule has 4 aromatic carbocycles. The highest BCUT2D eigenvalue weighted by molar-refractivity contribution is 5.87. The maximum absolute atomic E-state index is 2.45. The van der Waals surface area contributed by atoms with Crippen LogP contribution in [0.25, 0.3) is 0 Å². The second-order valence-corrected chi connectivity index (χ2v) is 7.46. The Bertz CT molecular complexity index is 1010. The van der Waals surface area contributed by atoms with Gasteiger partial charge in [-0.25, -0.2) is 0 Å². The molecule has 0 radical (unpaired) electrons. The van der Waals surface area contributed by atoms with Gasteiger partial charge in [0, 0.05) is 23.1 Å². The van der Waals surface area contributed by atoms with Crippen LogP contribution in [0.5, 0.6) is 0 Å². The van der Waals surface area contributed by atoms with Gasteiger partial charge in [0.05, 0.1) is 11.4 Å². The SMILES string of the molecule is CCC(C)N(c1ccccc1)c1ccccc1N(c1ccccc1)c1ccccc1. The van der Waals surface area contributed by atoms with E-state index < -0.39 is 0 Å². The van der Waals surface area contributed by atoms with Crippen LogP contribution in [0.15, 0.2) is 115 Å². The van der Waals surface area contributed by atoms with E-state index >= 15 is 0 Å². The van der Waals surface area contributed by atoms with Crippen molar-refractivity contribution in [1.82, 2.24) is 0 Å². The maximum Gasteiger partial charge on any atom is 0.0698 e. The van der Waals surface area contributed by atoms with Crippen molar-refractivity contribution in [2.45, 2.75) is 26.3 Å². The van der Waals surface area contributed by atoms with E-state index in [2.05, 4.69) is 139 Å². The Morgan fingerprint density at radius 3 is 1.40 bits per heavy atom. The first-order valence-corrected chi connectivity index (χ1v) is 10.6. The lowest BCUT2D eigenvalue weighted by Crippen LogP contribution is -2.29. The Morgan fingerprint density at radius 1 is 0.533 bits per heavy atom. The van der Waals surface area contributed by atoms with Gasteiger partial charge in [0.15, 0.2) is 0 Å². The number of para-hydroxylation sites is 5. The molecular weight excluding hydrogens is 364 g/mol. The van der Waals surface area contributed by atoms with Gasteiger partial charge in [0.25, 0.3) is 0 Å². The van der Waals surface area contributed by atoms with Gasteiger partial charge in [-0.05, 0) is 61.9 Å². The molecule has 30 heavy (non-hydrogen) atoms. The summed E-state index contributed by atoms with van der Waals surface area (Å²) in [5.41, 5.74) is 5.87. The number of anilines is 5. The van der Waals surface area contributed by atoms with Gasteiger partial charge in [-0.15, -0.1) is 0 Å². The van der Waals surface area contributed by atoms with Gasteiger partial charge in [-0.1, -0.05) is 73.7 Å².